The molecule has 4 aliphatic carbocycles. The van der Waals surface area contributed by atoms with E-state index in [1.165, 1.54) is 0 Å². The molecule has 4 saturated carbocycles. The molecule has 9 atom stereocenters. The van der Waals surface area contributed by atoms with Gasteiger partial charge in [0.05, 0.1) is 30.2 Å². The van der Waals surface area contributed by atoms with Gasteiger partial charge in [0.2, 0.25) is 5.91 Å². The third-order valence-corrected chi connectivity index (χ3v) is 11.2. The molecule has 0 aromatic carbocycles. The first kappa shape index (κ1) is 23.6. The highest BCUT2D eigenvalue weighted by Gasteiger charge is 2.71. The van der Waals surface area contributed by atoms with Crippen LogP contribution in [-0.2, 0) is 14.3 Å². The van der Waals surface area contributed by atoms with Crippen molar-refractivity contribution in [1.29, 1.82) is 0 Å². The smallest absolute Gasteiger partial charge is 0.312 e. The van der Waals surface area contributed by atoms with E-state index in [9.17, 15) is 14.7 Å². The van der Waals surface area contributed by atoms with Crippen LogP contribution in [0.4, 0.5) is 0 Å². The lowest BCUT2D eigenvalue weighted by atomic mass is 9.40. The number of fused-ring (bicyclic) bond motifs is 3. The quantitative estimate of drug-likeness (QED) is 0.559. The van der Waals surface area contributed by atoms with E-state index in [1.54, 1.807) is 0 Å². The molecule has 0 aromatic rings. The minimum atomic E-state index is -0.520. The molecule has 2 bridgehead atoms. The lowest BCUT2D eigenvalue weighted by Crippen LogP contribution is -2.61. The summed E-state index contributed by atoms with van der Waals surface area (Å²) < 4.78 is 5.58. The first-order chi connectivity index (χ1) is 15.6. The summed E-state index contributed by atoms with van der Waals surface area (Å²) >= 11 is 0. The van der Waals surface area contributed by atoms with Gasteiger partial charge < -0.3 is 20.5 Å². The number of carbonyl (C=O) groups excluding carboxylic acids is 2. The molecular formula is C27H44N2O4. The first-order valence-corrected chi connectivity index (χ1v) is 13.5. The molecule has 0 unspecified atom stereocenters. The Kier molecular flexibility index (Phi) is 5.68. The highest BCUT2D eigenvalue weighted by molar-refractivity contribution is 5.82. The Hall–Kier alpha value is -1.14. The summed E-state index contributed by atoms with van der Waals surface area (Å²) in [4.78, 5) is 26.1. The Morgan fingerprint density at radius 1 is 1.03 bits per heavy atom. The minimum absolute atomic E-state index is 0.0201. The molecule has 186 valence electrons. The average molecular weight is 461 g/mol. The van der Waals surface area contributed by atoms with Crippen molar-refractivity contribution in [3.63, 3.8) is 0 Å². The average Bonchev–Trinajstić information content (AvgIpc) is 3.35. The summed E-state index contributed by atoms with van der Waals surface area (Å²) in [5, 5.41) is 18.5. The van der Waals surface area contributed by atoms with Crippen LogP contribution in [0.5, 0.6) is 0 Å². The predicted octanol–water partition coefficient (Wildman–Crippen LogP) is 3.56. The molecule has 6 heteroatoms. The molecule has 1 spiro atoms. The Morgan fingerprint density at radius 2 is 1.79 bits per heavy atom. The third-order valence-electron chi connectivity index (χ3n) is 11.2. The number of hydrogen-bond acceptors (Lipinski definition) is 5. The van der Waals surface area contributed by atoms with Crippen LogP contribution in [0.2, 0.25) is 0 Å². The van der Waals surface area contributed by atoms with Gasteiger partial charge >= 0.3 is 5.97 Å². The molecule has 1 amide bonds. The molecular weight excluding hydrogens is 416 g/mol. The summed E-state index contributed by atoms with van der Waals surface area (Å²) in [5.41, 5.74) is -0.637. The predicted molar refractivity (Wildman–Crippen MR) is 126 cm³/mol. The largest absolute Gasteiger partial charge is 0.466 e. The number of aliphatic hydroxyl groups is 1. The number of amides is 1. The van der Waals surface area contributed by atoms with Gasteiger partial charge in [0.15, 0.2) is 0 Å². The van der Waals surface area contributed by atoms with Crippen LogP contribution in [0.3, 0.4) is 0 Å². The zero-order chi connectivity index (χ0) is 23.6. The van der Waals surface area contributed by atoms with Crippen LogP contribution in [0.1, 0.15) is 91.9 Å². The molecule has 5 aliphatic rings. The van der Waals surface area contributed by atoms with Crippen molar-refractivity contribution < 1.29 is 19.4 Å². The van der Waals surface area contributed by atoms with E-state index in [2.05, 4.69) is 31.4 Å². The highest BCUT2D eigenvalue weighted by atomic mass is 16.5. The summed E-state index contributed by atoms with van der Waals surface area (Å²) in [6.45, 7) is 10.1. The lowest BCUT2D eigenvalue weighted by molar-refractivity contribution is -0.196. The SMILES string of the molecule is CCOC(=O)[C@]1(C)CCC[C@@]2(C)[C@@H]3CC[C@@]4(C)C[C@]3(CC[C@@H]21)[C@@H](O)[C@H]4NC(=O)[C@@H]1CCCN1. The molecule has 6 nitrogen and oxygen atoms in total. The van der Waals surface area contributed by atoms with Gasteiger partial charge in [-0.1, -0.05) is 20.3 Å². The second-order valence-electron chi connectivity index (χ2n) is 12.8. The van der Waals surface area contributed by atoms with E-state index in [0.717, 1.165) is 70.8 Å². The van der Waals surface area contributed by atoms with E-state index < -0.39 is 11.5 Å². The zero-order valence-electron chi connectivity index (χ0n) is 21.0. The molecule has 1 aliphatic heterocycles. The van der Waals surface area contributed by atoms with Crippen molar-refractivity contribution >= 4 is 11.9 Å². The molecule has 0 radical (unpaired) electrons. The Balaban J connectivity index is 1.44. The van der Waals surface area contributed by atoms with Gasteiger partial charge in [-0.2, -0.15) is 0 Å². The number of rotatable bonds is 4. The summed E-state index contributed by atoms with van der Waals surface area (Å²) in [6, 6.07) is -0.302. The fourth-order valence-corrected chi connectivity index (χ4v) is 9.76. The van der Waals surface area contributed by atoms with Crippen molar-refractivity contribution in [2.24, 2.45) is 33.5 Å². The summed E-state index contributed by atoms with van der Waals surface area (Å²) in [7, 11) is 0. The second-order valence-corrected chi connectivity index (χ2v) is 12.8. The number of nitrogens with one attached hydrogen (secondary N) is 2. The van der Waals surface area contributed by atoms with E-state index in [1.807, 2.05) is 6.92 Å². The molecule has 0 aromatic heterocycles. The molecule has 5 rings (SSSR count). The van der Waals surface area contributed by atoms with Crippen molar-refractivity contribution in [3.05, 3.63) is 0 Å². The van der Waals surface area contributed by atoms with Gasteiger partial charge in [-0.25, -0.2) is 0 Å². The van der Waals surface area contributed by atoms with Crippen molar-refractivity contribution in [3.8, 4) is 0 Å². The maximum absolute atomic E-state index is 13.1. The summed E-state index contributed by atoms with van der Waals surface area (Å²) in [5.74, 6) is 0.707. The van der Waals surface area contributed by atoms with Crippen LogP contribution in [0, 0.1) is 33.5 Å². The lowest BCUT2D eigenvalue weighted by Gasteiger charge is -2.64. The van der Waals surface area contributed by atoms with Crippen LogP contribution >= 0.6 is 0 Å². The molecule has 5 fully saturated rings. The Labute approximate surface area is 199 Å². The number of hydrogen-bond donors (Lipinski definition) is 3. The van der Waals surface area contributed by atoms with Crippen molar-refractivity contribution in [1.82, 2.24) is 10.6 Å². The molecule has 1 saturated heterocycles. The van der Waals surface area contributed by atoms with Crippen LogP contribution in [0.15, 0.2) is 0 Å². The number of aliphatic hydroxyl groups excluding tert-OH is 1. The van der Waals surface area contributed by atoms with Gasteiger partial charge in [0, 0.05) is 5.41 Å². The summed E-state index contributed by atoms with van der Waals surface area (Å²) in [6.07, 6.45) is 9.43. The van der Waals surface area contributed by atoms with Gasteiger partial charge in [0.1, 0.15) is 0 Å². The van der Waals surface area contributed by atoms with E-state index in [4.69, 9.17) is 4.74 Å². The Bertz CT molecular complexity index is 812. The van der Waals surface area contributed by atoms with E-state index in [-0.39, 0.29) is 40.2 Å². The van der Waals surface area contributed by atoms with Gasteiger partial charge in [0.25, 0.3) is 0 Å². The standard InChI is InChI=1S/C27H44N2O4/c1-5-33-23(32)26(4)12-7-11-25(3)18(26)10-14-27-16-24(2,13-9-19(25)27)20(21(27)30)29-22(31)17-8-6-15-28-17/h17-21,28,30H,5-16H2,1-4H3,(H,29,31)/t17-,18-,19-,20+,21-,24-,25+,26+,27-/m0/s1. The molecule has 33 heavy (non-hydrogen) atoms. The highest BCUT2D eigenvalue weighted by Crippen LogP contribution is 2.73. The monoisotopic (exact) mass is 460 g/mol. The topological polar surface area (TPSA) is 87.7 Å². The fraction of sp³-hybridized carbons (Fsp3) is 0.926. The molecule has 1 heterocycles. The maximum atomic E-state index is 13.1. The number of esters is 1. The molecule has 3 N–H and O–H groups in total. The Morgan fingerprint density at radius 3 is 2.48 bits per heavy atom. The zero-order valence-corrected chi connectivity index (χ0v) is 21.0. The first-order valence-electron chi connectivity index (χ1n) is 13.5. The van der Waals surface area contributed by atoms with Crippen molar-refractivity contribution in [2.45, 2.75) is 110 Å². The minimum Gasteiger partial charge on any atom is -0.466 e. The van der Waals surface area contributed by atoms with Gasteiger partial charge in [-0.15, -0.1) is 0 Å². The maximum Gasteiger partial charge on any atom is 0.312 e. The van der Waals surface area contributed by atoms with Gasteiger partial charge in [-0.3, -0.25) is 9.59 Å². The normalized spacial score (nSPS) is 50.9. The number of ether oxygens (including phenoxy) is 1. The fourth-order valence-electron chi connectivity index (χ4n) is 9.76. The third kappa shape index (κ3) is 3.26. The van der Waals surface area contributed by atoms with Gasteiger partial charge in [-0.05, 0) is 101 Å². The second kappa shape index (κ2) is 7.94. The van der Waals surface area contributed by atoms with Crippen LogP contribution in [0.25, 0.3) is 0 Å². The van der Waals surface area contributed by atoms with Crippen molar-refractivity contribution in [2.75, 3.05) is 13.2 Å². The van der Waals surface area contributed by atoms with Crippen LogP contribution in [-0.4, -0.2) is 48.3 Å². The van der Waals surface area contributed by atoms with Crippen LogP contribution < -0.4 is 10.6 Å². The number of carbonyl (C=O) groups is 2. The van der Waals surface area contributed by atoms with E-state index in [0.29, 0.717) is 18.4 Å². The van der Waals surface area contributed by atoms with E-state index >= 15 is 0 Å².